The highest BCUT2D eigenvalue weighted by atomic mass is 32.2. The van der Waals surface area contributed by atoms with Crippen molar-refractivity contribution in [2.75, 3.05) is 12.0 Å². The SMILES string of the molecule is Cc1n[nH]c(C)c1CNC(C)CS(C)=O. The molecule has 2 N–H and O–H groups in total. The fourth-order valence-corrected chi connectivity index (χ4v) is 2.34. The molecular weight excluding hydrogens is 210 g/mol. The Morgan fingerprint density at radius 2 is 2.20 bits per heavy atom. The summed E-state index contributed by atoms with van der Waals surface area (Å²) in [6.07, 6.45) is 1.73. The first kappa shape index (κ1) is 12.4. The van der Waals surface area contributed by atoms with Crippen molar-refractivity contribution >= 4 is 10.8 Å². The monoisotopic (exact) mass is 229 g/mol. The maximum Gasteiger partial charge on any atom is 0.0638 e. The third kappa shape index (κ3) is 3.76. The van der Waals surface area contributed by atoms with Crippen LogP contribution in [0.1, 0.15) is 23.9 Å². The van der Waals surface area contributed by atoms with Gasteiger partial charge >= 0.3 is 0 Å². The van der Waals surface area contributed by atoms with Crippen molar-refractivity contribution in [3.8, 4) is 0 Å². The summed E-state index contributed by atoms with van der Waals surface area (Å²) in [6, 6.07) is 0.268. The van der Waals surface area contributed by atoms with Crippen molar-refractivity contribution in [3.05, 3.63) is 17.0 Å². The number of hydrogen-bond acceptors (Lipinski definition) is 3. The summed E-state index contributed by atoms with van der Waals surface area (Å²) >= 11 is 0. The van der Waals surface area contributed by atoms with E-state index in [2.05, 4.69) is 15.5 Å². The second kappa shape index (κ2) is 5.42. The third-order valence-corrected chi connectivity index (χ3v) is 3.36. The van der Waals surface area contributed by atoms with E-state index in [0.717, 1.165) is 17.9 Å². The molecule has 0 bridgehead atoms. The molecule has 5 heteroatoms. The Kier molecular flexibility index (Phi) is 4.47. The fourth-order valence-electron chi connectivity index (χ4n) is 1.52. The van der Waals surface area contributed by atoms with E-state index < -0.39 is 10.8 Å². The van der Waals surface area contributed by atoms with Crippen molar-refractivity contribution in [2.45, 2.75) is 33.4 Å². The summed E-state index contributed by atoms with van der Waals surface area (Å²) in [5.41, 5.74) is 3.35. The van der Waals surface area contributed by atoms with Crippen molar-refractivity contribution in [1.29, 1.82) is 0 Å². The Morgan fingerprint density at radius 3 is 2.67 bits per heavy atom. The molecule has 0 amide bonds. The van der Waals surface area contributed by atoms with Crippen LogP contribution < -0.4 is 5.32 Å². The van der Waals surface area contributed by atoms with E-state index >= 15 is 0 Å². The average molecular weight is 229 g/mol. The van der Waals surface area contributed by atoms with Gasteiger partial charge in [0.2, 0.25) is 0 Å². The molecule has 0 spiro atoms. The van der Waals surface area contributed by atoms with Crippen molar-refractivity contribution in [3.63, 3.8) is 0 Å². The molecule has 1 heterocycles. The van der Waals surface area contributed by atoms with Crippen molar-refractivity contribution < 1.29 is 4.21 Å². The first-order valence-electron chi connectivity index (χ1n) is 5.04. The quantitative estimate of drug-likeness (QED) is 0.788. The lowest BCUT2D eigenvalue weighted by atomic mass is 10.2. The summed E-state index contributed by atoms with van der Waals surface area (Å²) in [4.78, 5) is 0. The zero-order chi connectivity index (χ0) is 11.4. The molecule has 2 unspecified atom stereocenters. The van der Waals surface area contributed by atoms with Gasteiger partial charge in [0, 0.05) is 46.7 Å². The number of nitrogens with one attached hydrogen (secondary N) is 2. The number of rotatable bonds is 5. The Hall–Kier alpha value is -0.680. The maximum absolute atomic E-state index is 11.0. The van der Waals surface area contributed by atoms with Gasteiger partial charge in [-0.3, -0.25) is 9.31 Å². The van der Waals surface area contributed by atoms with Gasteiger partial charge in [0.05, 0.1) is 5.69 Å². The summed E-state index contributed by atoms with van der Waals surface area (Å²) < 4.78 is 11.0. The molecule has 1 aromatic heterocycles. The normalized spacial score (nSPS) is 15.2. The Morgan fingerprint density at radius 1 is 1.53 bits per heavy atom. The topological polar surface area (TPSA) is 57.8 Å². The van der Waals surface area contributed by atoms with E-state index in [1.807, 2.05) is 20.8 Å². The molecule has 0 aromatic carbocycles. The standard InChI is InChI=1S/C10H19N3OS/c1-7(6-15(4)14)11-5-10-8(2)12-13-9(10)3/h7,11H,5-6H2,1-4H3,(H,12,13). The predicted molar refractivity (Wildman–Crippen MR) is 63.3 cm³/mol. The molecule has 2 atom stereocenters. The summed E-state index contributed by atoms with van der Waals surface area (Å²) in [7, 11) is -0.741. The van der Waals surface area contributed by atoms with Crippen LogP contribution >= 0.6 is 0 Å². The number of hydrogen-bond donors (Lipinski definition) is 2. The van der Waals surface area contributed by atoms with Crippen molar-refractivity contribution in [2.24, 2.45) is 0 Å². The molecule has 0 aliphatic carbocycles. The highest BCUT2D eigenvalue weighted by Crippen LogP contribution is 2.08. The van der Waals surface area contributed by atoms with E-state index in [-0.39, 0.29) is 6.04 Å². The minimum atomic E-state index is -0.741. The summed E-state index contributed by atoms with van der Waals surface area (Å²) in [5, 5.41) is 10.4. The molecule has 4 nitrogen and oxygen atoms in total. The maximum atomic E-state index is 11.0. The second-order valence-corrected chi connectivity index (χ2v) is 5.41. The first-order valence-corrected chi connectivity index (χ1v) is 6.77. The Bertz CT molecular complexity index is 329. The highest BCUT2D eigenvalue weighted by molar-refractivity contribution is 7.84. The smallest absolute Gasteiger partial charge is 0.0638 e. The molecule has 1 rings (SSSR count). The zero-order valence-corrected chi connectivity index (χ0v) is 10.6. The van der Waals surface area contributed by atoms with Crippen LogP contribution in [0.25, 0.3) is 0 Å². The lowest BCUT2D eigenvalue weighted by Crippen LogP contribution is -2.30. The third-order valence-electron chi connectivity index (χ3n) is 2.39. The van der Waals surface area contributed by atoms with Crippen LogP contribution in [0.4, 0.5) is 0 Å². The number of aromatic nitrogens is 2. The molecule has 0 saturated carbocycles. The molecule has 1 aromatic rings. The minimum Gasteiger partial charge on any atom is -0.309 e. The number of nitrogens with zero attached hydrogens (tertiary/aromatic N) is 1. The van der Waals surface area contributed by atoms with Gasteiger partial charge in [-0.2, -0.15) is 5.10 Å². The molecule has 0 aliphatic heterocycles. The summed E-state index contributed by atoms with van der Waals surface area (Å²) in [6.45, 7) is 6.83. The van der Waals surface area contributed by atoms with Gasteiger partial charge in [-0.1, -0.05) is 0 Å². The molecule has 86 valence electrons. The van der Waals surface area contributed by atoms with Crippen LogP contribution in [0.5, 0.6) is 0 Å². The predicted octanol–water partition coefficient (Wildman–Crippen LogP) is 0.883. The molecule has 0 radical (unpaired) electrons. The minimum absolute atomic E-state index is 0.268. The van der Waals surface area contributed by atoms with Crippen LogP contribution in [0, 0.1) is 13.8 Å². The van der Waals surface area contributed by atoms with E-state index in [1.54, 1.807) is 6.26 Å². The van der Waals surface area contributed by atoms with Gasteiger partial charge in [-0.05, 0) is 20.8 Å². The molecule has 0 fully saturated rings. The van der Waals surface area contributed by atoms with Crippen LogP contribution in [0.3, 0.4) is 0 Å². The van der Waals surface area contributed by atoms with Gasteiger partial charge in [0.25, 0.3) is 0 Å². The number of aryl methyl sites for hydroxylation is 2. The summed E-state index contributed by atoms with van der Waals surface area (Å²) in [5.74, 6) is 0.690. The lowest BCUT2D eigenvalue weighted by Gasteiger charge is -2.12. The van der Waals surface area contributed by atoms with Crippen LogP contribution in [-0.2, 0) is 17.3 Å². The number of aromatic amines is 1. The van der Waals surface area contributed by atoms with Gasteiger partial charge in [0.1, 0.15) is 0 Å². The molecule has 15 heavy (non-hydrogen) atoms. The Balaban J connectivity index is 2.46. The van der Waals surface area contributed by atoms with Gasteiger partial charge in [-0.25, -0.2) is 0 Å². The van der Waals surface area contributed by atoms with Gasteiger partial charge in [-0.15, -0.1) is 0 Å². The van der Waals surface area contributed by atoms with E-state index in [0.29, 0.717) is 5.75 Å². The lowest BCUT2D eigenvalue weighted by molar-refractivity contribution is 0.585. The first-order chi connectivity index (χ1) is 7.00. The van der Waals surface area contributed by atoms with E-state index in [4.69, 9.17) is 0 Å². The largest absolute Gasteiger partial charge is 0.309 e. The van der Waals surface area contributed by atoms with Gasteiger partial charge < -0.3 is 5.32 Å². The van der Waals surface area contributed by atoms with E-state index in [9.17, 15) is 4.21 Å². The Labute approximate surface area is 93.3 Å². The zero-order valence-electron chi connectivity index (χ0n) is 9.76. The van der Waals surface area contributed by atoms with Crippen LogP contribution in [0.2, 0.25) is 0 Å². The van der Waals surface area contributed by atoms with Crippen LogP contribution in [0.15, 0.2) is 0 Å². The molecular formula is C10H19N3OS. The van der Waals surface area contributed by atoms with Crippen molar-refractivity contribution in [1.82, 2.24) is 15.5 Å². The van der Waals surface area contributed by atoms with Gasteiger partial charge in [0.15, 0.2) is 0 Å². The fraction of sp³-hybridized carbons (Fsp3) is 0.700. The second-order valence-electron chi connectivity index (χ2n) is 3.93. The highest BCUT2D eigenvalue weighted by Gasteiger charge is 2.08. The van der Waals surface area contributed by atoms with Crippen LogP contribution in [-0.4, -0.2) is 32.5 Å². The average Bonchev–Trinajstić information content (AvgIpc) is 2.42. The number of H-pyrrole nitrogens is 1. The molecule has 0 aliphatic rings. The van der Waals surface area contributed by atoms with E-state index in [1.165, 1.54) is 5.56 Å². The molecule has 0 saturated heterocycles.